The molecule has 102 valence electrons. The van der Waals surface area contributed by atoms with Gasteiger partial charge in [-0.1, -0.05) is 6.07 Å². The molecule has 0 saturated heterocycles. The van der Waals surface area contributed by atoms with Gasteiger partial charge in [0, 0.05) is 11.4 Å². The Labute approximate surface area is 117 Å². The molecule has 2 heterocycles. The maximum absolute atomic E-state index is 12.0. The molecule has 0 unspecified atom stereocenters. The largest absolute Gasteiger partial charge is 0.469 e. The van der Waals surface area contributed by atoms with Gasteiger partial charge < -0.3 is 14.6 Å². The normalized spacial score (nSPS) is 12.6. The summed E-state index contributed by atoms with van der Waals surface area (Å²) in [6.07, 6.45) is 1.53. The molecule has 0 saturated carbocycles. The van der Waals surface area contributed by atoms with E-state index in [0.717, 1.165) is 0 Å². The molecular formula is C14H18N2O2S. The van der Waals surface area contributed by atoms with Crippen molar-refractivity contribution in [2.45, 2.75) is 13.0 Å². The third-order valence-corrected chi connectivity index (χ3v) is 4.03. The summed E-state index contributed by atoms with van der Waals surface area (Å²) >= 11 is 1.70. The highest BCUT2D eigenvalue weighted by Gasteiger charge is 2.18. The third kappa shape index (κ3) is 3.24. The van der Waals surface area contributed by atoms with Crippen LogP contribution in [0.3, 0.4) is 0 Å². The Bertz CT molecular complexity index is 531. The summed E-state index contributed by atoms with van der Waals surface area (Å²) in [6, 6.07) is 6.00. The van der Waals surface area contributed by atoms with Crippen LogP contribution in [-0.2, 0) is 0 Å². The second-order valence-corrected chi connectivity index (χ2v) is 5.57. The third-order valence-electron chi connectivity index (χ3n) is 3.05. The fourth-order valence-electron chi connectivity index (χ4n) is 1.92. The monoisotopic (exact) mass is 278 g/mol. The zero-order chi connectivity index (χ0) is 13.8. The van der Waals surface area contributed by atoms with Crippen molar-refractivity contribution in [2.75, 3.05) is 20.6 Å². The van der Waals surface area contributed by atoms with Gasteiger partial charge in [-0.15, -0.1) is 11.3 Å². The minimum Gasteiger partial charge on any atom is -0.469 e. The van der Waals surface area contributed by atoms with Crippen LogP contribution in [0.2, 0.25) is 0 Å². The van der Waals surface area contributed by atoms with E-state index in [2.05, 4.69) is 16.3 Å². The summed E-state index contributed by atoms with van der Waals surface area (Å²) < 4.78 is 5.14. The summed E-state index contributed by atoms with van der Waals surface area (Å²) in [7, 11) is 4.03. The zero-order valence-corrected chi connectivity index (χ0v) is 12.2. The second-order valence-electron chi connectivity index (χ2n) is 4.60. The molecular weight excluding hydrogens is 260 g/mol. The number of hydrogen-bond donors (Lipinski definition) is 1. The van der Waals surface area contributed by atoms with E-state index in [1.807, 2.05) is 25.5 Å². The molecule has 0 aliphatic carbocycles. The van der Waals surface area contributed by atoms with E-state index in [9.17, 15) is 4.79 Å². The molecule has 2 aromatic heterocycles. The number of aryl methyl sites for hydroxylation is 1. The molecule has 1 atom stereocenters. The van der Waals surface area contributed by atoms with Crippen molar-refractivity contribution in [1.29, 1.82) is 0 Å². The average Bonchev–Trinajstić information content (AvgIpc) is 3.00. The van der Waals surface area contributed by atoms with E-state index in [0.29, 0.717) is 17.9 Å². The molecule has 19 heavy (non-hydrogen) atoms. The van der Waals surface area contributed by atoms with Crippen LogP contribution in [0, 0.1) is 6.92 Å². The predicted molar refractivity (Wildman–Crippen MR) is 76.5 cm³/mol. The quantitative estimate of drug-likeness (QED) is 0.914. The predicted octanol–water partition coefficient (Wildman–Crippen LogP) is 2.68. The van der Waals surface area contributed by atoms with E-state index in [1.165, 1.54) is 11.1 Å². The lowest BCUT2D eigenvalue weighted by Gasteiger charge is -2.23. The molecule has 0 bridgehead atoms. The van der Waals surface area contributed by atoms with Gasteiger partial charge in [-0.05, 0) is 38.5 Å². The number of hydrogen-bond acceptors (Lipinski definition) is 4. The van der Waals surface area contributed by atoms with Crippen LogP contribution < -0.4 is 5.32 Å². The van der Waals surface area contributed by atoms with Crippen molar-refractivity contribution >= 4 is 17.2 Å². The van der Waals surface area contributed by atoms with Crippen molar-refractivity contribution < 1.29 is 9.21 Å². The van der Waals surface area contributed by atoms with Crippen molar-refractivity contribution in [1.82, 2.24) is 10.2 Å². The second kappa shape index (κ2) is 6.04. The summed E-state index contributed by atoms with van der Waals surface area (Å²) in [5.74, 6) is 0.560. The minimum absolute atomic E-state index is 0.0883. The van der Waals surface area contributed by atoms with Gasteiger partial charge in [0.2, 0.25) is 0 Å². The highest BCUT2D eigenvalue weighted by atomic mass is 32.1. The van der Waals surface area contributed by atoms with Crippen molar-refractivity contribution in [3.8, 4) is 0 Å². The van der Waals surface area contributed by atoms with Gasteiger partial charge in [0.25, 0.3) is 5.91 Å². The fraction of sp³-hybridized carbons (Fsp3) is 0.357. The molecule has 2 rings (SSSR count). The van der Waals surface area contributed by atoms with Crippen LogP contribution in [0.4, 0.5) is 0 Å². The number of nitrogens with zero attached hydrogens (tertiary/aromatic N) is 1. The van der Waals surface area contributed by atoms with Gasteiger partial charge in [-0.3, -0.25) is 4.79 Å². The van der Waals surface area contributed by atoms with Crippen LogP contribution >= 0.6 is 11.3 Å². The summed E-state index contributed by atoms with van der Waals surface area (Å²) in [5.41, 5.74) is 0.601. The van der Waals surface area contributed by atoms with Crippen molar-refractivity contribution in [3.05, 3.63) is 46.0 Å². The van der Waals surface area contributed by atoms with E-state index < -0.39 is 0 Å². The Morgan fingerprint density at radius 1 is 1.47 bits per heavy atom. The maximum Gasteiger partial charge on any atom is 0.254 e. The van der Waals surface area contributed by atoms with Crippen LogP contribution in [0.5, 0.6) is 0 Å². The Hall–Kier alpha value is -1.59. The van der Waals surface area contributed by atoms with Crippen LogP contribution in [-0.4, -0.2) is 31.4 Å². The van der Waals surface area contributed by atoms with Crippen LogP contribution in [0.15, 0.2) is 34.3 Å². The average molecular weight is 278 g/mol. The van der Waals surface area contributed by atoms with E-state index in [1.54, 1.807) is 24.3 Å². The number of rotatable bonds is 5. The lowest BCUT2D eigenvalue weighted by atomic mass is 10.2. The first kappa shape index (κ1) is 13.8. The standard InChI is InChI=1S/C14H18N2O2S/c1-10-11(6-7-18-10)14(17)15-9-12(16(2)3)13-5-4-8-19-13/h4-8,12H,9H2,1-3H3,(H,15,17)/t12-/m0/s1. The lowest BCUT2D eigenvalue weighted by molar-refractivity contribution is 0.0941. The van der Waals surface area contributed by atoms with Gasteiger partial charge in [-0.25, -0.2) is 0 Å². The van der Waals surface area contributed by atoms with Gasteiger partial charge >= 0.3 is 0 Å². The Morgan fingerprint density at radius 2 is 2.26 bits per heavy atom. The summed E-state index contributed by atoms with van der Waals surface area (Å²) in [6.45, 7) is 2.37. The minimum atomic E-state index is -0.0883. The van der Waals surface area contributed by atoms with Gasteiger partial charge in [0.05, 0.1) is 17.9 Å². The molecule has 0 aliphatic heterocycles. The van der Waals surface area contributed by atoms with Crippen molar-refractivity contribution in [3.63, 3.8) is 0 Å². The molecule has 0 radical (unpaired) electrons. The number of nitrogens with one attached hydrogen (secondary N) is 1. The zero-order valence-electron chi connectivity index (χ0n) is 11.3. The van der Waals surface area contributed by atoms with Gasteiger partial charge in [-0.2, -0.15) is 0 Å². The highest BCUT2D eigenvalue weighted by Crippen LogP contribution is 2.22. The van der Waals surface area contributed by atoms with Gasteiger partial charge in [0.1, 0.15) is 5.76 Å². The fourth-order valence-corrected chi connectivity index (χ4v) is 2.85. The maximum atomic E-state index is 12.0. The number of carbonyl (C=O) groups excluding carboxylic acids is 1. The Kier molecular flexibility index (Phi) is 4.39. The summed E-state index contributed by atoms with van der Waals surface area (Å²) in [5, 5.41) is 5.01. The molecule has 0 fully saturated rings. The number of amides is 1. The molecule has 1 N–H and O–H groups in total. The highest BCUT2D eigenvalue weighted by molar-refractivity contribution is 7.10. The first-order chi connectivity index (χ1) is 9.09. The van der Waals surface area contributed by atoms with Gasteiger partial charge in [0.15, 0.2) is 0 Å². The topological polar surface area (TPSA) is 45.5 Å². The van der Waals surface area contributed by atoms with E-state index in [4.69, 9.17) is 4.42 Å². The smallest absolute Gasteiger partial charge is 0.254 e. The molecule has 2 aromatic rings. The number of thiophene rings is 1. The van der Waals surface area contributed by atoms with Crippen molar-refractivity contribution in [2.24, 2.45) is 0 Å². The van der Waals surface area contributed by atoms with E-state index in [-0.39, 0.29) is 11.9 Å². The molecule has 1 amide bonds. The summed E-state index contributed by atoms with van der Waals surface area (Å²) in [4.78, 5) is 15.4. The SMILES string of the molecule is Cc1occc1C(=O)NC[C@@H](c1cccs1)N(C)C. The Balaban J connectivity index is 2.00. The number of carbonyl (C=O) groups is 1. The molecule has 0 spiro atoms. The van der Waals surface area contributed by atoms with Crippen LogP contribution in [0.25, 0.3) is 0 Å². The molecule has 4 nitrogen and oxygen atoms in total. The van der Waals surface area contributed by atoms with E-state index >= 15 is 0 Å². The molecule has 0 aliphatic rings. The van der Waals surface area contributed by atoms with Crippen LogP contribution in [0.1, 0.15) is 27.0 Å². The number of likely N-dealkylation sites (N-methyl/N-ethyl adjacent to an activating group) is 1. The first-order valence-electron chi connectivity index (χ1n) is 6.11. The Morgan fingerprint density at radius 3 is 2.79 bits per heavy atom. The molecule has 0 aromatic carbocycles. The molecule has 5 heteroatoms. The lowest BCUT2D eigenvalue weighted by Crippen LogP contribution is -2.34. The first-order valence-corrected chi connectivity index (χ1v) is 6.99. The number of furan rings is 1.